The third-order valence-electron chi connectivity index (χ3n) is 2.46. The average Bonchev–Trinajstić information content (AvgIpc) is 2.70. The Balaban J connectivity index is 2.68. The maximum atomic E-state index is 9.10. The van der Waals surface area contributed by atoms with Crippen molar-refractivity contribution in [1.29, 1.82) is 5.26 Å². The van der Waals surface area contributed by atoms with Crippen molar-refractivity contribution in [1.82, 2.24) is 9.55 Å². The molecule has 4 nitrogen and oxygen atoms in total. The number of benzene rings is 1. The lowest BCUT2D eigenvalue weighted by atomic mass is 10.1. The van der Waals surface area contributed by atoms with Crippen molar-refractivity contribution in [3.05, 3.63) is 35.2 Å². The second-order valence-electron chi connectivity index (χ2n) is 3.51. The third kappa shape index (κ3) is 1.97. The fraction of sp³-hybridized carbons (Fsp3) is 0.167. The minimum atomic E-state index is 0.477. The van der Waals surface area contributed by atoms with Gasteiger partial charge in [-0.15, -0.1) is 0 Å². The van der Waals surface area contributed by atoms with E-state index in [9.17, 15) is 0 Å². The van der Waals surface area contributed by atoms with Crippen molar-refractivity contribution in [2.75, 3.05) is 7.11 Å². The van der Waals surface area contributed by atoms with Crippen molar-refractivity contribution < 1.29 is 4.74 Å². The van der Waals surface area contributed by atoms with E-state index < -0.39 is 0 Å². The van der Waals surface area contributed by atoms with Gasteiger partial charge in [-0.2, -0.15) is 5.26 Å². The first-order valence-corrected chi connectivity index (χ1v) is 5.30. The molecule has 2 rings (SSSR count). The average molecular weight is 248 g/mol. The van der Waals surface area contributed by atoms with Gasteiger partial charge in [0.05, 0.1) is 13.4 Å². The number of methoxy groups -OCH3 is 1. The Hall–Kier alpha value is -1.99. The molecule has 0 amide bonds. The molecule has 0 aliphatic carbocycles. The topological polar surface area (TPSA) is 50.8 Å². The van der Waals surface area contributed by atoms with Gasteiger partial charge >= 0.3 is 0 Å². The molecule has 5 heteroatoms. The Morgan fingerprint density at radius 3 is 2.88 bits per heavy atom. The highest BCUT2D eigenvalue weighted by Crippen LogP contribution is 2.33. The summed E-state index contributed by atoms with van der Waals surface area (Å²) in [6, 6.07) is 7.35. The summed E-state index contributed by atoms with van der Waals surface area (Å²) in [5, 5.41) is 9.68. The van der Waals surface area contributed by atoms with E-state index in [2.05, 4.69) is 11.1 Å². The molecule has 1 aromatic heterocycles. The van der Waals surface area contributed by atoms with Crippen LogP contribution in [0, 0.1) is 11.3 Å². The van der Waals surface area contributed by atoms with Crippen LogP contribution in [0.4, 0.5) is 0 Å². The maximum Gasteiger partial charge on any atom is 0.147 e. The van der Waals surface area contributed by atoms with Crippen molar-refractivity contribution in [2.45, 2.75) is 0 Å². The first-order valence-electron chi connectivity index (χ1n) is 4.92. The zero-order valence-electron chi connectivity index (χ0n) is 9.44. The van der Waals surface area contributed by atoms with Crippen molar-refractivity contribution in [2.24, 2.45) is 7.05 Å². The molecule has 0 saturated heterocycles. The normalized spacial score (nSPS) is 10.0. The summed E-state index contributed by atoms with van der Waals surface area (Å²) in [7, 11) is 3.34. The Morgan fingerprint density at radius 2 is 2.24 bits per heavy atom. The second kappa shape index (κ2) is 4.48. The number of rotatable bonds is 2. The van der Waals surface area contributed by atoms with Crippen LogP contribution in [-0.4, -0.2) is 16.7 Å². The SMILES string of the molecule is COc1ccc(Cl)cc1-c1ncn(C)c1C#N. The predicted octanol–water partition coefficient (Wildman–Crippen LogP) is 2.62. The van der Waals surface area contributed by atoms with Gasteiger partial charge in [-0.05, 0) is 18.2 Å². The number of hydrogen-bond donors (Lipinski definition) is 0. The Labute approximate surface area is 104 Å². The highest BCUT2D eigenvalue weighted by Gasteiger charge is 2.15. The van der Waals surface area contributed by atoms with E-state index in [1.54, 1.807) is 43.3 Å². The lowest BCUT2D eigenvalue weighted by Crippen LogP contribution is -1.93. The smallest absolute Gasteiger partial charge is 0.147 e. The van der Waals surface area contributed by atoms with Crippen LogP contribution in [0.3, 0.4) is 0 Å². The van der Waals surface area contributed by atoms with Gasteiger partial charge in [0.2, 0.25) is 0 Å². The van der Waals surface area contributed by atoms with Crippen molar-refractivity contribution in [3.63, 3.8) is 0 Å². The fourth-order valence-electron chi connectivity index (χ4n) is 1.62. The van der Waals surface area contributed by atoms with E-state index in [4.69, 9.17) is 21.6 Å². The molecule has 17 heavy (non-hydrogen) atoms. The number of nitriles is 1. The molecule has 0 spiro atoms. The van der Waals surface area contributed by atoms with Gasteiger partial charge in [0.25, 0.3) is 0 Å². The number of halogens is 1. The number of ether oxygens (including phenoxy) is 1. The highest BCUT2D eigenvalue weighted by atomic mass is 35.5. The van der Waals surface area contributed by atoms with Crippen LogP contribution < -0.4 is 4.74 Å². The molecule has 0 fully saturated rings. The monoisotopic (exact) mass is 247 g/mol. The van der Waals surface area contributed by atoms with E-state index >= 15 is 0 Å². The third-order valence-corrected chi connectivity index (χ3v) is 2.69. The van der Waals surface area contributed by atoms with Crippen LogP contribution in [0.1, 0.15) is 5.69 Å². The standard InChI is InChI=1S/C12H10ClN3O/c1-16-7-15-12(10(16)6-14)9-5-8(13)3-4-11(9)17-2/h3-5,7H,1-2H3. The summed E-state index contributed by atoms with van der Waals surface area (Å²) < 4.78 is 6.91. The van der Waals surface area contributed by atoms with Crippen molar-refractivity contribution >= 4 is 11.6 Å². The maximum absolute atomic E-state index is 9.10. The first-order chi connectivity index (χ1) is 8.17. The number of imidazole rings is 1. The van der Waals surface area contributed by atoms with Crippen LogP contribution in [0.25, 0.3) is 11.3 Å². The number of aryl methyl sites for hydroxylation is 1. The molecule has 1 heterocycles. The lowest BCUT2D eigenvalue weighted by Gasteiger charge is -2.07. The van der Waals surface area contributed by atoms with Gasteiger partial charge < -0.3 is 9.30 Å². The largest absolute Gasteiger partial charge is 0.496 e. The second-order valence-corrected chi connectivity index (χ2v) is 3.95. The molecule has 0 bridgehead atoms. The van der Waals surface area contributed by atoms with Gasteiger partial charge in [-0.25, -0.2) is 4.98 Å². The molecule has 0 aliphatic rings. The van der Waals surface area contributed by atoms with Crippen LogP contribution in [-0.2, 0) is 7.05 Å². The summed E-state index contributed by atoms with van der Waals surface area (Å²) in [5.41, 5.74) is 1.78. The van der Waals surface area contributed by atoms with E-state index in [0.29, 0.717) is 22.2 Å². The summed E-state index contributed by atoms with van der Waals surface area (Å²) in [5.74, 6) is 0.643. The Morgan fingerprint density at radius 1 is 1.47 bits per heavy atom. The molecule has 0 N–H and O–H groups in total. The summed E-state index contributed by atoms with van der Waals surface area (Å²) in [4.78, 5) is 4.21. The summed E-state index contributed by atoms with van der Waals surface area (Å²) in [6.07, 6.45) is 1.59. The van der Waals surface area contributed by atoms with Gasteiger partial charge in [0.1, 0.15) is 23.2 Å². The van der Waals surface area contributed by atoms with Crippen LogP contribution in [0.15, 0.2) is 24.5 Å². The molecule has 86 valence electrons. The van der Waals surface area contributed by atoms with E-state index in [0.717, 1.165) is 5.56 Å². The van der Waals surface area contributed by atoms with Gasteiger partial charge in [-0.1, -0.05) is 11.6 Å². The zero-order valence-corrected chi connectivity index (χ0v) is 10.2. The van der Waals surface area contributed by atoms with Crippen molar-refractivity contribution in [3.8, 4) is 23.1 Å². The summed E-state index contributed by atoms with van der Waals surface area (Å²) in [6.45, 7) is 0. The van der Waals surface area contributed by atoms with E-state index in [-0.39, 0.29) is 0 Å². The van der Waals surface area contributed by atoms with Gasteiger partial charge in [0.15, 0.2) is 0 Å². The van der Waals surface area contributed by atoms with Gasteiger partial charge in [0, 0.05) is 17.6 Å². The van der Waals surface area contributed by atoms with Gasteiger partial charge in [-0.3, -0.25) is 0 Å². The van der Waals surface area contributed by atoms with E-state index in [1.165, 1.54) is 0 Å². The summed E-state index contributed by atoms with van der Waals surface area (Å²) >= 11 is 5.95. The Kier molecular flexibility index (Phi) is 3.03. The molecule has 0 unspecified atom stereocenters. The molecular formula is C12H10ClN3O. The number of nitrogens with zero attached hydrogens (tertiary/aromatic N) is 3. The minimum absolute atomic E-state index is 0.477. The lowest BCUT2D eigenvalue weighted by molar-refractivity contribution is 0.416. The van der Waals surface area contributed by atoms with E-state index in [1.807, 2.05) is 0 Å². The minimum Gasteiger partial charge on any atom is -0.496 e. The fourth-order valence-corrected chi connectivity index (χ4v) is 1.80. The first kappa shape index (κ1) is 11.5. The van der Waals surface area contributed by atoms with Crippen LogP contribution in [0.5, 0.6) is 5.75 Å². The number of aromatic nitrogens is 2. The Bertz CT molecular complexity index is 598. The number of hydrogen-bond acceptors (Lipinski definition) is 3. The zero-order chi connectivity index (χ0) is 12.4. The quantitative estimate of drug-likeness (QED) is 0.820. The molecule has 0 atom stereocenters. The molecule has 2 aromatic rings. The molecule has 0 radical (unpaired) electrons. The molecule has 1 aromatic carbocycles. The molecule has 0 saturated carbocycles. The molecule has 0 aliphatic heterocycles. The van der Waals surface area contributed by atoms with Crippen LogP contribution >= 0.6 is 11.6 Å². The molecular weight excluding hydrogens is 238 g/mol. The van der Waals surface area contributed by atoms with Crippen LogP contribution in [0.2, 0.25) is 5.02 Å². The predicted molar refractivity (Wildman–Crippen MR) is 64.9 cm³/mol. The highest BCUT2D eigenvalue weighted by molar-refractivity contribution is 6.31.